The number of nitrogens with zero attached hydrogens (tertiary/aromatic N) is 2. The van der Waals surface area contributed by atoms with E-state index < -0.39 is 36.1 Å². The predicted octanol–water partition coefficient (Wildman–Crippen LogP) is 3.12. The van der Waals surface area contributed by atoms with E-state index >= 15 is 0 Å². The molecular weight excluding hydrogens is 520 g/mol. The van der Waals surface area contributed by atoms with Gasteiger partial charge < -0.3 is 20.1 Å². The smallest absolute Gasteiger partial charge is 0.382 e. The Labute approximate surface area is 221 Å². The summed E-state index contributed by atoms with van der Waals surface area (Å²) >= 11 is 5.78. The zero-order valence-corrected chi connectivity index (χ0v) is 21.0. The lowest BCUT2D eigenvalue weighted by Gasteiger charge is -2.29. The number of benzene rings is 2. The van der Waals surface area contributed by atoms with Gasteiger partial charge in [-0.3, -0.25) is 14.5 Å². The Morgan fingerprint density at radius 1 is 1.26 bits per heavy atom. The number of carboxylic acid groups (broad SMARTS) is 1. The molecule has 1 aliphatic heterocycles. The van der Waals surface area contributed by atoms with Crippen molar-refractivity contribution in [2.45, 2.75) is 44.9 Å². The third kappa shape index (κ3) is 5.86. The van der Waals surface area contributed by atoms with Gasteiger partial charge in [0.05, 0.1) is 17.6 Å². The van der Waals surface area contributed by atoms with Crippen molar-refractivity contribution in [1.82, 2.24) is 14.8 Å². The highest BCUT2D eigenvalue weighted by atomic mass is 35.5. The van der Waals surface area contributed by atoms with Crippen LogP contribution in [0.1, 0.15) is 34.8 Å². The first-order valence-electron chi connectivity index (χ1n) is 11.7. The zero-order chi connectivity index (χ0) is 27.6. The van der Waals surface area contributed by atoms with Gasteiger partial charge in [0, 0.05) is 59.2 Å². The number of aliphatic hydroxyl groups excluding tert-OH is 1. The molecule has 1 unspecified atom stereocenters. The largest absolute Gasteiger partial charge is 0.472 e. The van der Waals surface area contributed by atoms with E-state index in [1.165, 1.54) is 24.0 Å². The quantitative estimate of drug-likeness (QED) is 0.312. The number of aromatic nitrogens is 1. The Kier molecular flexibility index (Phi) is 8.11. The second kappa shape index (κ2) is 11.3. The van der Waals surface area contributed by atoms with Crippen LogP contribution in [0.4, 0.5) is 8.78 Å². The van der Waals surface area contributed by atoms with Crippen molar-refractivity contribution in [3.05, 3.63) is 70.1 Å². The van der Waals surface area contributed by atoms with Crippen LogP contribution < -0.4 is 5.32 Å². The normalized spacial score (nSPS) is 18.1. The molecule has 2 heterocycles. The molecule has 0 saturated carbocycles. The van der Waals surface area contributed by atoms with Crippen molar-refractivity contribution in [3.63, 3.8) is 0 Å². The molecule has 8 nitrogen and oxygen atoms in total. The summed E-state index contributed by atoms with van der Waals surface area (Å²) < 4.78 is 30.2. The molecule has 1 fully saturated rings. The maximum atomic E-state index is 14.4. The van der Waals surface area contributed by atoms with Gasteiger partial charge in [-0.1, -0.05) is 29.7 Å². The number of carboxylic acids is 1. The molecule has 198 valence electrons. The number of fused-ring (bicyclic) bond motifs is 1. The first-order valence-corrected chi connectivity index (χ1v) is 12.1. The van der Waals surface area contributed by atoms with Gasteiger partial charge in [0.2, 0.25) is 5.91 Å². The highest BCUT2D eigenvalue weighted by molar-refractivity contribution is 6.30. The Morgan fingerprint density at radius 3 is 2.74 bits per heavy atom. The third-order valence-corrected chi connectivity index (χ3v) is 6.68. The van der Waals surface area contributed by atoms with Crippen LogP contribution in [0, 0.1) is 17.7 Å². The molecule has 3 aromatic rings. The van der Waals surface area contributed by atoms with Crippen LogP contribution in [0.25, 0.3) is 10.9 Å². The van der Waals surface area contributed by atoms with Gasteiger partial charge >= 0.3 is 5.97 Å². The molecule has 0 bridgehead atoms. The number of hydrogen-bond donors (Lipinski definition) is 3. The second-order valence-electron chi connectivity index (χ2n) is 9.00. The monoisotopic (exact) mass is 543 g/mol. The summed E-state index contributed by atoms with van der Waals surface area (Å²) in [7, 11) is 0. The summed E-state index contributed by atoms with van der Waals surface area (Å²) in [6.45, 7) is 0.962. The summed E-state index contributed by atoms with van der Waals surface area (Å²) in [6, 6.07) is 8.24. The number of ketones is 1. The van der Waals surface area contributed by atoms with E-state index in [4.69, 9.17) is 16.7 Å². The van der Waals surface area contributed by atoms with Crippen molar-refractivity contribution in [2.24, 2.45) is 0 Å². The van der Waals surface area contributed by atoms with Crippen LogP contribution in [-0.4, -0.2) is 62.3 Å². The second-order valence-corrected chi connectivity index (χ2v) is 9.40. The molecule has 4 rings (SSSR count). The zero-order valence-electron chi connectivity index (χ0n) is 20.2. The molecule has 0 radical (unpaired) electrons. The number of hydrogen-bond acceptors (Lipinski definition) is 5. The van der Waals surface area contributed by atoms with E-state index in [9.17, 15) is 28.3 Å². The van der Waals surface area contributed by atoms with E-state index in [0.29, 0.717) is 22.0 Å². The fraction of sp³-hybridized carbons (Fsp3) is 0.296. The molecule has 1 aromatic heterocycles. The number of aliphatic carboxylic acids is 1. The SMILES string of the molecule is CC(=O)c1cn(CC(O)N2C[C@H](F)C[C@H]2C(=O)NCc2cccc(Cl)c2F)c2ccc(C#CC(=O)O)cc12. The molecule has 38 heavy (non-hydrogen) atoms. The number of amides is 1. The van der Waals surface area contributed by atoms with E-state index in [-0.39, 0.29) is 42.4 Å². The van der Waals surface area contributed by atoms with Gasteiger partial charge in [0.15, 0.2) is 5.78 Å². The topological polar surface area (TPSA) is 112 Å². The number of likely N-dealkylation sites (tertiary alicyclic amines) is 1. The lowest BCUT2D eigenvalue weighted by Crippen LogP contribution is -2.49. The summed E-state index contributed by atoms with van der Waals surface area (Å²) in [5.74, 6) is 1.78. The van der Waals surface area contributed by atoms with Crippen molar-refractivity contribution >= 4 is 40.2 Å². The van der Waals surface area contributed by atoms with Crippen molar-refractivity contribution in [3.8, 4) is 11.8 Å². The molecule has 3 N–H and O–H groups in total. The lowest BCUT2D eigenvalue weighted by molar-refractivity contribution is -0.131. The predicted molar refractivity (Wildman–Crippen MR) is 136 cm³/mol. The molecule has 0 spiro atoms. The minimum atomic E-state index is -1.35. The van der Waals surface area contributed by atoms with Gasteiger partial charge in [0.25, 0.3) is 0 Å². The van der Waals surface area contributed by atoms with Crippen molar-refractivity contribution in [2.75, 3.05) is 6.54 Å². The van der Waals surface area contributed by atoms with E-state index in [1.54, 1.807) is 35.0 Å². The highest BCUT2D eigenvalue weighted by Crippen LogP contribution is 2.27. The van der Waals surface area contributed by atoms with Crippen molar-refractivity contribution < 1.29 is 33.4 Å². The van der Waals surface area contributed by atoms with E-state index in [1.807, 2.05) is 5.92 Å². The summed E-state index contributed by atoms with van der Waals surface area (Å²) in [6.07, 6.45) is -1.23. The van der Waals surface area contributed by atoms with Gasteiger partial charge in [-0.05, 0) is 31.2 Å². The van der Waals surface area contributed by atoms with Crippen LogP contribution in [-0.2, 0) is 22.7 Å². The molecular formula is C27H24ClF2N3O5. The Balaban J connectivity index is 1.54. The number of alkyl halides is 1. The van der Waals surface area contributed by atoms with Gasteiger partial charge in [0.1, 0.15) is 18.2 Å². The average molecular weight is 544 g/mol. The van der Waals surface area contributed by atoms with Crippen LogP contribution >= 0.6 is 11.6 Å². The summed E-state index contributed by atoms with van der Waals surface area (Å²) in [4.78, 5) is 37.2. The number of rotatable bonds is 7. The molecule has 11 heteroatoms. The van der Waals surface area contributed by atoms with Gasteiger partial charge in [-0.25, -0.2) is 13.6 Å². The first-order chi connectivity index (χ1) is 18.0. The highest BCUT2D eigenvalue weighted by Gasteiger charge is 2.40. The minimum Gasteiger partial charge on any atom is -0.472 e. The standard InChI is InChI=1S/C27H24ClF2N3O5/c1-15(34)20-13-32(22-7-5-16(9-19(20)22)6-8-25(36)37)14-24(35)33-12-18(29)10-23(33)27(38)31-11-17-3-2-4-21(28)26(17)30/h2-5,7,9,13,18,23-24,35H,10-12,14H2,1H3,(H,31,38)(H,36,37)/t18-,23+,24?/m1/s1. The molecule has 1 saturated heterocycles. The Hall–Kier alpha value is -3.78. The molecule has 2 aromatic carbocycles. The summed E-state index contributed by atoms with van der Waals surface area (Å²) in [5, 5.41) is 22.8. The van der Waals surface area contributed by atoms with E-state index in [0.717, 1.165) is 0 Å². The van der Waals surface area contributed by atoms with Crippen molar-refractivity contribution in [1.29, 1.82) is 0 Å². The number of carbonyl (C=O) groups excluding carboxylic acids is 2. The number of carbonyl (C=O) groups is 3. The van der Waals surface area contributed by atoms with E-state index in [2.05, 4.69) is 11.2 Å². The molecule has 1 aliphatic rings. The summed E-state index contributed by atoms with van der Waals surface area (Å²) in [5.41, 5.74) is 1.49. The first kappa shape index (κ1) is 27.3. The lowest BCUT2D eigenvalue weighted by atomic mass is 10.1. The Bertz CT molecular complexity index is 1480. The fourth-order valence-electron chi connectivity index (χ4n) is 4.59. The molecule has 0 aliphatic carbocycles. The number of Topliss-reactive ketones (excluding diaryl/α,β-unsaturated/α-hetero) is 1. The van der Waals surface area contributed by atoms with Crippen LogP contribution in [0.3, 0.4) is 0 Å². The van der Waals surface area contributed by atoms with Gasteiger partial charge in [-0.2, -0.15) is 0 Å². The van der Waals surface area contributed by atoms with Crippen LogP contribution in [0.15, 0.2) is 42.6 Å². The number of halogens is 3. The fourth-order valence-corrected chi connectivity index (χ4v) is 4.79. The van der Waals surface area contributed by atoms with Gasteiger partial charge in [-0.15, -0.1) is 0 Å². The maximum Gasteiger partial charge on any atom is 0.382 e. The number of nitrogens with one attached hydrogen (secondary N) is 1. The number of aliphatic hydroxyl groups is 1. The molecule has 3 atom stereocenters. The average Bonchev–Trinajstić information content (AvgIpc) is 3.44. The van der Waals surface area contributed by atoms with Crippen LogP contribution in [0.5, 0.6) is 0 Å². The Morgan fingerprint density at radius 2 is 2.03 bits per heavy atom. The minimum absolute atomic E-state index is 0.0800. The molecule has 1 amide bonds. The van der Waals surface area contributed by atoms with Crippen LogP contribution in [0.2, 0.25) is 5.02 Å². The maximum absolute atomic E-state index is 14.4. The third-order valence-electron chi connectivity index (χ3n) is 6.39.